The Bertz CT molecular complexity index is 505. The maximum atomic E-state index is 5.69. The van der Waals surface area contributed by atoms with Crippen LogP contribution in [0.25, 0.3) is 5.95 Å². The molecule has 0 aliphatic carbocycles. The van der Waals surface area contributed by atoms with Gasteiger partial charge in [0.15, 0.2) is 0 Å². The first-order valence-electron chi connectivity index (χ1n) is 6.48. The third kappa shape index (κ3) is 3.40. The SMILES string of the molecule is CCC(CC)CNc1nc(N)nc(-n2cccn2)n1. The van der Waals surface area contributed by atoms with E-state index in [-0.39, 0.29) is 5.95 Å². The fraction of sp³-hybridized carbons (Fsp3) is 0.500. The van der Waals surface area contributed by atoms with E-state index in [1.165, 1.54) is 0 Å². The van der Waals surface area contributed by atoms with Gasteiger partial charge < -0.3 is 11.1 Å². The van der Waals surface area contributed by atoms with Crippen LogP contribution < -0.4 is 11.1 Å². The largest absolute Gasteiger partial charge is 0.368 e. The third-order valence-corrected chi connectivity index (χ3v) is 3.05. The highest BCUT2D eigenvalue weighted by Crippen LogP contribution is 2.10. The van der Waals surface area contributed by atoms with Crippen molar-refractivity contribution in [3.05, 3.63) is 18.5 Å². The molecule has 0 saturated heterocycles. The lowest BCUT2D eigenvalue weighted by atomic mass is 10.0. The Kier molecular flexibility index (Phi) is 4.27. The van der Waals surface area contributed by atoms with Crippen LogP contribution >= 0.6 is 0 Å². The minimum atomic E-state index is 0.188. The van der Waals surface area contributed by atoms with Crippen molar-refractivity contribution in [2.75, 3.05) is 17.6 Å². The van der Waals surface area contributed by atoms with Crippen molar-refractivity contribution in [3.8, 4) is 5.95 Å². The minimum absolute atomic E-state index is 0.188. The maximum absolute atomic E-state index is 5.69. The monoisotopic (exact) mass is 261 g/mol. The standard InChI is InChI=1S/C12H19N7/c1-3-9(4-2)8-14-11-16-10(13)17-12(18-11)19-7-5-6-15-19/h5-7,9H,3-4,8H2,1-2H3,(H3,13,14,16,17,18). The van der Waals surface area contributed by atoms with E-state index in [9.17, 15) is 0 Å². The molecule has 2 heterocycles. The molecule has 0 aromatic carbocycles. The van der Waals surface area contributed by atoms with Crippen molar-refractivity contribution in [1.82, 2.24) is 24.7 Å². The summed E-state index contributed by atoms with van der Waals surface area (Å²) < 4.78 is 1.56. The van der Waals surface area contributed by atoms with Crippen LogP contribution in [0.1, 0.15) is 26.7 Å². The van der Waals surface area contributed by atoms with Gasteiger partial charge in [-0.05, 0) is 12.0 Å². The van der Waals surface area contributed by atoms with Crippen LogP contribution in [-0.4, -0.2) is 31.3 Å². The summed E-state index contributed by atoms with van der Waals surface area (Å²) >= 11 is 0. The van der Waals surface area contributed by atoms with E-state index in [2.05, 4.69) is 39.2 Å². The highest BCUT2D eigenvalue weighted by molar-refractivity contribution is 5.34. The second-order valence-electron chi connectivity index (χ2n) is 4.33. The van der Waals surface area contributed by atoms with Gasteiger partial charge in [0.05, 0.1) is 0 Å². The predicted octanol–water partition coefficient (Wildman–Crippen LogP) is 1.49. The van der Waals surface area contributed by atoms with E-state index in [1.54, 1.807) is 23.1 Å². The van der Waals surface area contributed by atoms with Gasteiger partial charge in [0.1, 0.15) is 0 Å². The number of anilines is 2. The fourth-order valence-electron chi connectivity index (χ4n) is 1.76. The number of hydrogen-bond acceptors (Lipinski definition) is 6. The Balaban J connectivity index is 2.13. The summed E-state index contributed by atoms with van der Waals surface area (Å²) in [4.78, 5) is 12.5. The summed E-state index contributed by atoms with van der Waals surface area (Å²) in [5.41, 5.74) is 5.69. The molecule has 7 heteroatoms. The van der Waals surface area contributed by atoms with Crippen molar-refractivity contribution in [2.45, 2.75) is 26.7 Å². The number of aromatic nitrogens is 5. The molecule has 2 aromatic rings. The molecule has 2 aromatic heterocycles. The van der Waals surface area contributed by atoms with Crippen LogP contribution in [-0.2, 0) is 0 Å². The zero-order chi connectivity index (χ0) is 13.7. The lowest BCUT2D eigenvalue weighted by molar-refractivity contribution is 0.517. The van der Waals surface area contributed by atoms with Gasteiger partial charge in [-0.25, -0.2) is 4.68 Å². The number of nitrogens with zero attached hydrogens (tertiary/aromatic N) is 5. The molecule has 2 rings (SSSR count). The zero-order valence-corrected chi connectivity index (χ0v) is 11.2. The quantitative estimate of drug-likeness (QED) is 0.818. The number of nitrogen functional groups attached to an aromatic ring is 1. The van der Waals surface area contributed by atoms with Gasteiger partial charge in [0.2, 0.25) is 11.9 Å². The second-order valence-corrected chi connectivity index (χ2v) is 4.33. The Morgan fingerprint density at radius 3 is 2.68 bits per heavy atom. The number of nitrogens with two attached hydrogens (primary N) is 1. The van der Waals surface area contributed by atoms with Gasteiger partial charge in [0, 0.05) is 18.9 Å². The minimum Gasteiger partial charge on any atom is -0.368 e. The first-order valence-corrected chi connectivity index (χ1v) is 6.48. The fourth-order valence-corrected chi connectivity index (χ4v) is 1.76. The van der Waals surface area contributed by atoms with Crippen molar-refractivity contribution >= 4 is 11.9 Å². The van der Waals surface area contributed by atoms with Crippen LogP contribution in [0.15, 0.2) is 18.5 Å². The van der Waals surface area contributed by atoms with Crippen LogP contribution in [0, 0.1) is 5.92 Å². The van der Waals surface area contributed by atoms with E-state index in [1.807, 2.05) is 0 Å². The molecule has 0 amide bonds. The molecule has 0 aliphatic rings. The summed E-state index contributed by atoms with van der Waals surface area (Å²) in [5, 5.41) is 7.28. The highest BCUT2D eigenvalue weighted by atomic mass is 15.4. The third-order valence-electron chi connectivity index (χ3n) is 3.05. The van der Waals surface area contributed by atoms with Crippen molar-refractivity contribution in [2.24, 2.45) is 5.92 Å². The van der Waals surface area contributed by atoms with E-state index >= 15 is 0 Å². The number of nitrogens with one attached hydrogen (secondary N) is 1. The number of hydrogen-bond donors (Lipinski definition) is 2. The molecule has 0 radical (unpaired) electrons. The Morgan fingerprint density at radius 2 is 2.05 bits per heavy atom. The summed E-state index contributed by atoms with van der Waals surface area (Å²) in [6.45, 7) is 5.18. The molecule has 0 bridgehead atoms. The molecular weight excluding hydrogens is 242 g/mol. The molecule has 0 atom stereocenters. The van der Waals surface area contributed by atoms with Gasteiger partial charge in [-0.1, -0.05) is 26.7 Å². The van der Waals surface area contributed by atoms with E-state index < -0.39 is 0 Å². The molecule has 0 saturated carbocycles. The lowest BCUT2D eigenvalue weighted by Gasteiger charge is -2.13. The van der Waals surface area contributed by atoms with E-state index in [4.69, 9.17) is 5.73 Å². The van der Waals surface area contributed by atoms with Gasteiger partial charge in [-0.15, -0.1) is 0 Å². The highest BCUT2D eigenvalue weighted by Gasteiger charge is 2.08. The first-order chi connectivity index (χ1) is 9.22. The average Bonchev–Trinajstić information content (AvgIpc) is 2.93. The topological polar surface area (TPSA) is 94.5 Å². The van der Waals surface area contributed by atoms with Crippen molar-refractivity contribution in [3.63, 3.8) is 0 Å². The molecular formula is C12H19N7. The second kappa shape index (κ2) is 6.12. The van der Waals surface area contributed by atoms with Crippen molar-refractivity contribution in [1.29, 1.82) is 0 Å². The Hall–Kier alpha value is -2.18. The molecule has 0 fully saturated rings. The average molecular weight is 261 g/mol. The van der Waals surface area contributed by atoms with Gasteiger partial charge >= 0.3 is 0 Å². The lowest BCUT2D eigenvalue weighted by Crippen LogP contribution is -2.17. The van der Waals surface area contributed by atoms with E-state index in [0.29, 0.717) is 17.8 Å². The molecule has 0 unspecified atom stereocenters. The summed E-state index contributed by atoms with van der Waals surface area (Å²) in [6.07, 6.45) is 5.67. The zero-order valence-electron chi connectivity index (χ0n) is 11.2. The summed E-state index contributed by atoms with van der Waals surface area (Å²) in [7, 11) is 0. The molecule has 0 spiro atoms. The van der Waals surface area contributed by atoms with Gasteiger partial charge in [-0.3, -0.25) is 0 Å². The molecule has 0 aliphatic heterocycles. The van der Waals surface area contributed by atoms with Crippen LogP contribution in [0.4, 0.5) is 11.9 Å². The molecule has 7 nitrogen and oxygen atoms in total. The normalized spacial score (nSPS) is 10.9. The Labute approximate surface area is 112 Å². The Morgan fingerprint density at radius 1 is 1.26 bits per heavy atom. The predicted molar refractivity (Wildman–Crippen MR) is 73.9 cm³/mol. The maximum Gasteiger partial charge on any atom is 0.257 e. The molecule has 3 N–H and O–H groups in total. The van der Waals surface area contributed by atoms with Gasteiger partial charge in [0.25, 0.3) is 5.95 Å². The summed E-state index contributed by atoms with van der Waals surface area (Å²) in [5.74, 6) is 1.70. The molecule has 19 heavy (non-hydrogen) atoms. The van der Waals surface area contributed by atoms with Crippen molar-refractivity contribution < 1.29 is 0 Å². The number of rotatable bonds is 6. The molecule has 102 valence electrons. The summed E-state index contributed by atoms with van der Waals surface area (Å²) in [6, 6.07) is 1.80. The van der Waals surface area contributed by atoms with E-state index in [0.717, 1.165) is 19.4 Å². The smallest absolute Gasteiger partial charge is 0.257 e. The first kappa shape index (κ1) is 13.3. The van der Waals surface area contributed by atoms with Crippen LogP contribution in [0.2, 0.25) is 0 Å². The van der Waals surface area contributed by atoms with Crippen LogP contribution in [0.3, 0.4) is 0 Å². The van der Waals surface area contributed by atoms with Crippen LogP contribution in [0.5, 0.6) is 0 Å². The van der Waals surface area contributed by atoms with Gasteiger partial charge in [-0.2, -0.15) is 20.1 Å².